The normalized spacial score (nSPS) is 14.6. The fourth-order valence-corrected chi connectivity index (χ4v) is 2.44. The predicted molar refractivity (Wildman–Crippen MR) is 88.7 cm³/mol. The van der Waals surface area contributed by atoms with Crippen LogP contribution in [0.25, 0.3) is 0 Å². The summed E-state index contributed by atoms with van der Waals surface area (Å²) in [6.07, 6.45) is 1.42. The molecular formula is C18H17FN2O5. The van der Waals surface area contributed by atoms with Gasteiger partial charge in [-0.15, -0.1) is 0 Å². The number of amides is 1. The zero-order valence-corrected chi connectivity index (χ0v) is 14.3. The molecule has 0 aliphatic heterocycles. The first-order valence-electron chi connectivity index (χ1n) is 8.03. The monoisotopic (exact) mass is 360 g/mol. The molecule has 1 aromatic heterocycles. The van der Waals surface area contributed by atoms with Crippen LogP contribution in [0.1, 0.15) is 53.3 Å². The molecule has 1 aromatic carbocycles. The number of carbonyl (C=O) groups is 3. The molecule has 1 N–H and O–H groups in total. The summed E-state index contributed by atoms with van der Waals surface area (Å²) in [4.78, 5) is 39.9. The van der Waals surface area contributed by atoms with Crippen molar-refractivity contribution in [1.82, 2.24) is 4.98 Å². The molecule has 1 aliphatic carbocycles. The molecule has 2 aromatic rings. The van der Waals surface area contributed by atoms with Crippen molar-refractivity contribution in [2.75, 3.05) is 5.32 Å². The van der Waals surface area contributed by atoms with Gasteiger partial charge in [-0.2, -0.15) is 4.98 Å². The first-order chi connectivity index (χ1) is 12.3. The van der Waals surface area contributed by atoms with Gasteiger partial charge in [-0.25, -0.2) is 4.39 Å². The van der Waals surface area contributed by atoms with Crippen LogP contribution < -0.4 is 10.1 Å². The highest BCUT2D eigenvalue weighted by Crippen LogP contribution is 2.48. The van der Waals surface area contributed by atoms with Gasteiger partial charge in [-0.3, -0.25) is 19.7 Å². The largest absolute Gasteiger partial charge is 0.426 e. The molecule has 0 bridgehead atoms. The number of halogens is 1. The molecule has 0 saturated heterocycles. The van der Waals surface area contributed by atoms with E-state index in [9.17, 15) is 18.8 Å². The van der Waals surface area contributed by atoms with E-state index < -0.39 is 24.0 Å². The number of alkyl halides is 1. The highest BCUT2D eigenvalue weighted by Gasteiger charge is 2.47. The van der Waals surface area contributed by atoms with Gasteiger partial charge in [-0.1, -0.05) is 19.1 Å². The second kappa shape index (κ2) is 6.70. The van der Waals surface area contributed by atoms with E-state index >= 15 is 0 Å². The van der Waals surface area contributed by atoms with Crippen molar-refractivity contribution in [3.63, 3.8) is 0 Å². The molecule has 26 heavy (non-hydrogen) atoms. The van der Waals surface area contributed by atoms with Gasteiger partial charge in [0.1, 0.15) is 12.4 Å². The number of Topliss-reactive ketones (excluding diaryl/α,β-unsaturated/α-hetero) is 1. The molecule has 1 saturated carbocycles. The number of nitrogens with one attached hydrogen (secondary N) is 1. The lowest BCUT2D eigenvalue weighted by Gasteiger charge is -2.07. The van der Waals surface area contributed by atoms with Gasteiger partial charge in [0.25, 0.3) is 5.91 Å². The molecular weight excluding hydrogens is 343 g/mol. The summed E-state index contributed by atoms with van der Waals surface area (Å²) in [5, 5.41) is 2.37. The number of ketones is 1. The summed E-state index contributed by atoms with van der Waals surface area (Å²) in [6.45, 7) is 1.98. The number of carbonyl (C=O) groups excluding carboxylic acids is 3. The highest BCUT2D eigenvalue weighted by atomic mass is 19.1. The Morgan fingerprint density at radius 3 is 2.62 bits per heavy atom. The Bertz CT molecular complexity index is 885. The van der Waals surface area contributed by atoms with Crippen molar-refractivity contribution in [2.45, 2.75) is 33.4 Å². The fraction of sp³-hybridized carbons (Fsp3) is 0.333. The fourth-order valence-electron chi connectivity index (χ4n) is 2.44. The number of nitrogens with zero attached hydrogens (tertiary/aromatic N) is 1. The van der Waals surface area contributed by atoms with Crippen LogP contribution in [0.15, 0.2) is 28.7 Å². The molecule has 1 aliphatic rings. The van der Waals surface area contributed by atoms with Crippen molar-refractivity contribution in [2.24, 2.45) is 5.41 Å². The van der Waals surface area contributed by atoms with E-state index in [1.165, 1.54) is 19.1 Å². The lowest BCUT2D eigenvalue weighted by atomic mass is 10.0. The number of anilines is 1. The molecule has 8 heteroatoms. The van der Waals surface area contributed by atoms with E-state index in [1.807, 2.05) is 0 Å². The topological polar surface area (TPSA) is 98.5 Å². The van der Waals surface area contributed by atoms with E-state index in [0.29, 0.717) is 12.8 Å². The van der Waals surface area contributed by atoms with Gasteiger partial charge >= 0.3 is 12.0 Å². The average molecular weight is 360 g/mol. The van der Waals surface area contributed by atoms with Gasteiger partial charge in [0.2, 0.25) is 0 Å². The third kappa shape index (κ3) is 3.49. The summed E-state index contributed by atoms with van der Waals surface area (Å²) >= 11 is 0. The molecule has 0 radical (unpaired) electrons. The number of ether oxygens (including phenoxy) is 1. The molecule has 0 spiro atoms. The quantitative estimate of drug-likeness (QED) is 0.482. The van der Waals surface area contributed by atoms with Crippen molar-refractivity contribution >= 4 is 23.7 Å². The van der Waals surface area contributed by atoms with E-state index in [-0.39, 0.29) is 34.6 Å². The maximum atomic E-state index is 13.2. The summed E-state index contributed by atoms with van der Waals surface area (Å²) in [6, 6.07) is 5.82. The standard InChI is InChI=1S/C18H17FN2O5/c1-10(22)25-12-6-4-3-5-11(12)16(24)21-17-20-14(13(9-19)26-17)15(23)18(2)7-8-18/h3-6H,7-9H2,1-2H3,(H,20,21,24). The number of rotatable bonds is 6. The van der Waals surface area contributed by atoms with Crippen LogP contribution >= 0.6 is 0 Å². The number of aromatic nitrogens is 1. The van der Waals surface area contributed by atoms with Crippen molar-refractivity contribution < 1.29 is 27.9 Å². The Labute approximate surface area is 148 Å². The third-order valence-electron chi connectivity index (χ3n) is 4.19. The number of oxazole rings is 1. The molecule has 1 fully saturated rings. The van der Waals surface area contributed by atoms with Gasteiger partial charge in [0.05, 0.1) is 5.56 Å². The van der Waals surface area contributed by atoms with Gasteiger partial charge in [-0.05, 0) is 25.0 Å². The Hall–Kier alpha value is -3.03. The van der Waals surface area contributed by atoms with Crippen molar-refractivity contribution in [1.29, 1.82) is 0 Å². The molecule has 7 nitrogen and oxygen atoms in total. The SMILES string of the molecule is CC(=O)Oc1ccccc1C(=O)Nc1nc(C(=O)C2(C)CC2)c(CF)o1. The van der Waals surface area contributed by atoms with Crippen LogP contribution in [0.2, 0.25) is 0 Å². The van der Waals surface area contributed by atoms with Crippen LogP contribution in [0.4, 0.5) is 10.4 Å². The number of hydrogen-bond acceptors (Lipinski definition) is 6. The molecule has 3 rings (SSSR count). The number of esters is 1. The van der Waals surface area contributed by atoms with Gasteiger partial charge in [0, 0.05) is 12.3 Å². The summed E-state index contributed by atoms with van der Waals surface area (Å²) in [5.74, 6) is -1.69. The van der Waals surface area contributed by atoms with Crippen LogP contribution in [-0.4, -0.2) is 22.6 Å². The lowest BCUT2D eigenvalue weighted by molar-refractivity contribution is -0.131. The van der Waals surface area contributed by atoms with Crippen LogP contribution in [0, 0.1) is 5.41 Å². The second-order valence-electron chi connectivity index (χ2n) is 6.36. The molecule has 1 heterocycles. The maximum absolute atomic E-state index is 13.2. The highest BCUT2D eigenvalue weighted by molar-refractivity contribution is 6.06. The molecule has 0 atom stereocenters. The number of para-hydroxylation sites is 1. The van der Waals surface area contributed by atoms with E-state index in [1.54, 1.807) is 19.1 Å². The van der Waals surface area contributed by atoms with Crippen LogP contribution in [0.3, 0.4) is 0 Å². The Kier molecular flexibility index (Phi) is 4.58. The van der Waals surface area contributed by atoms with Crippen molar-refractivity contribution in [3.8, 4) is 5.75 Å². The van der Waals surface area contributed by atoms with E-state index in [4.69, 9.17) is 9.15 Å². The Balaban J connectivity index is 1.83. The van der Waals surface area contributed by atoms with E-state index in [0.717, 1.165) is 0 Å². The minimum Gasteiger partial charge on any atom is -0.426 e. The Morgan fingerprint density at radius 1 is 1.31 bits per heavy atom. The molecule has 136 valence electrons. The minimum absolute atomic E-state index is 0.0663. The lowest BCUT2D eigenvalue weighted by Crippen LogP contribution is -2.16. The van der Waals surface area contributed by atoms with Crippen LogP contribution in [0.5, 0.6) is 5.75 Å². The van der Waals surface area contributed by atoms with Gasteiger partial charge < -0.3 is 9.15 Å². The number of hydrogen-bond donors (Lipinski definition) is 1. The summed E-state index contributed by atoms with van der Waals surface area (Å²) in [5.41, 5.74) is -0.565. The maximum Gasteiger partial charge on any atom is 0.308 e. The predicted octanol–water partition coefficient (Wildman–Crippen LogP) is 3.30. The van der Waals surface area contributed by atoms with Crippen LogP contribution in [-0.2, 0) is 11.5 Å². The van der Waals surface area contributed by atoms with E-state index in [2.05, 4.69) is 10.3 Å². The summed E-state index contributed by atoms with van der Waals surface area (Å²) in [7, 11) is 0. The minimum atomic E-state index is -1.01. The first kappa shape index (κ1) is 17.8. The van der Waals surface area contributed by atoms with Crippen molar-refractivity contribution in [3.05, 3.63) is 41.3 Å². The first-order valence-corrected chi connectivity index (χ1v) is 8.03. The smallest absolute Gasteiger partial charge is 0.308 e. The zero-order chi connectivity index (χ0) is 18.9. The number of benzene rings is 1. The Morgan fingerprint density at radius 2 is 2.00 bits per heavy atom. The average Bonchev–Trinajstić information content (AvgIpc) is 3.22. The zero-order valence-electron chi connectivity index (χ0n) is 14.3. The molecule has 0 unspecified atom stereocenters. The second-order valence-corrected chi connectivity index (χ2v) is 6.36. The summed E-state index contributed by atoms with van der Waals surface area (Å²) < 4.78 is 23.3. The molecule has 1 amide bonds. The van der Waals surface area contributed by atoms with Gasteiger partial charge in [0.15, 0.2) is 17.2 Å². The third-order valence-corrected chi connectivity index (χ3v) is 4.19.